The molecule has 0 radical (unpaired) electrons. The Hall–Kier alpha value is -1.32. The Bertz CT molecular complexity index is 632. The number of hydrogen-bond donors (Lipinski definition) is 0. The Labute approximate surface area is 131 Å². The van der Waals surface area contributed by atoms with Gasteiger partial charge in [0.1, 0.15) is 5.75 Å². The van der Waals surface area contributed by atoms with Gasteiger partial charge in [0, 0.05) is 29.4 Å². The highest BCUT2D eigenvalue weighted by Gasteiger charge is 2.18. The first-order valence-corrected chi connectivity index (χ1v) is 8.47. The van der Waals surface area contributed by atoms with Crippen LogP contribution in [-0.2, 0) is 25.9 Å². The second-order valence-corrected chi connectivity index (χ2v) is 7.08. The summed E-state index contributed by atoms with van der Waals surface area (Å²) in [4.78, 5) is 5.54. The molecular formula is C18H23NOS. The summed E-state index contributed by atoms with van der Waals surface area (Å²) >= 11 is 1.95. The SMILES string of the molecule is CCc1cc(CN2CCc3cc(OC)ccc3C2)c(C)s1. The predicted octanol–water partition coefficient (Wildman–Crippen LogP) is 4.19. The number of fused-ring (bicyclic) bond motifs is 1. The maximum atomic E-state index is 5.32. The van der Waals surface area contributed by atoms with Crippen LogP contribution in [0.4, 0.5) is 0 Å². The van der Waals surface area contributed by atoms with Gasteiger partial charge in [-0.3, -0.25) is 4.90 Å². The van der Waals surface area contributed by atoms with Crippen LogP contribution in [0.5, 0.6) is 5.75 Å². The van der Waals surface area contributed by atoms with E-state index in [-0.39, 0.29) is 0 Å². The Balaban J connectivity index is 1.72. The molecule has 1 aliphatic heterocycles. The van der Waals surface area contributed by atoms with Crippen LogP contribution in [0.1, 0.15) is 33.4 Å². The Morgan fingerprint density at radius 1 is 1.24 bits per heavy atom. The van der Waals surface area contributed by atoms with E-state index in [1.54, 1.807) is 7.11 Å². The van der Waals surface area contributed by atoms with Crippen LogP contribution in [0, 0.1) is 6.92 Å². The summed E-state index contributed by atoms with van der Waals surface area (Å²) < 4.78 is 5.32. The number of thiophene rings is 1. The lowest BCUT2D eigenvalue weighted by Gasteiger charge is -2.29. The summed E-state index contributed by atoms with van der Waals surface area (Å²) in [6, 6.07) is 8.88. The van der Waals surface area contributed by atoms with Crippen LogP contribution >= 0.6 is 11.3 Å². The first kappa shape index (κ1) is 14.6. The predicted molar refractivity (Wildman–Crippen MR) is 89.2 cm³/mol. The zero-order valence-electron chi connectivity index (χ0n) is 13.1. The zero-order valence-corrected chi connectivity index (χ0v) is 13.9. The van der Waals surface area contributed by atoms with Gasteiger partial charge < -0.3 is 4.74 Å². The number of ether oxygens (including phenoxy) is 1. The third kappa shape index (κ3) is 3.14. The summed E-state index contributed by atoms with van der Waals surface area (Å²) in [6.45, 7) is 7.75. The van der Waals surface area contributed by atoms with Crippen LogP contribution in [0.15, 0.2) is 24.3 Å². The van der Waals surface area contributed by atoms with Gasteiger partial charge in [0.05, 0.1) is 7.11 Å². The van der Waals surface area contributed by atoms with Crippen molar-refractivity contribution in [1.29, 1.82) is 0 Å². The summed E-state index contributed by atoms with van der Waals surface area (Å²) in [5, 5.41) is 0. The van der Waals surface area contributed by atoms with Crippen molar-refractivity contribution in [3.8, 4) is 5.75 Å². The van der Waals surface area contributed by atoms with Crippen molar-refractivity contribution in [2.75, 3.05) is 13.7 Å². The van der Waals surface area contributed by atoms with Crippen LogP contribution < -0.4 is 4.74 Å². The van der Waals surface area contributed by atoms with Crippen molar-refractivity contribution in [1.82, 2.24) is 4.90 Å². The number of methoxy groups -OCH3 is 1. The molecule has 112 valence electrons. The molecule has 0 spiro atoms. The molecule has 1 aromatic carbocycles. The van der Waals surface area contributed by atoms with Crippen LogP contribution in [0.25, 0.3) is 0 Å². The molecule has 21 heavy (non-hydrogen) atoms. The quantitative estimate of drug-likeness (QED) is 0.840. The van der Waals surface area contributed by atoms with Gasteiger partial charge in [0.15, 0.2) is 0 Å². The molecule has 0 saturated heterocycles. The van der Waals surface area contributed by atoms with E-state index in [2.05, 4.69) is 43.0 Å². The molecule has 3 heteroatoms. The van der Waals surface area contributed by atoms with Crippen LogP contribution in [-0.4, -0.2) is 18.6 Å². The first-order valence-electron chi connectivity index (χ1n) is 7.66. The molecule has 0 fully saturated rings. The number of benzene rings is 1. The van der Waals surface area contributed by atoms with Crippen molar-refractivity contribution in [3.05, 3.63) is 50.7 Å². The maximum Gasteiger partial charge on any atom is 0.119 e. The highest BCUT2D eigenvalue weighted by molar-refractivity contribution is 7.12. The summed E-state index contributed by atoms with van der Waals surface area (Å²) in [5.74, 6) is 0.975. The van der Waals surface area contributed by atoms with Crippen molar-refractivity contribution in [2.24, 2.45) is 0 Å². The van der Waals surface area contributed by atoms with Crippen molar-refractivity contribution < 1.29 is 4.74 Å². The smallest absolute Gasteiger partial charge is 0.119 e. The van der Waals surface area contributed by atoms with E-state index in [9.17, 15) is 0 Å². The molecule has 3 rings (SSSR count). The number of rotatable bonds is 4. The van der Waals surface area contributed by atoms with Gasteiger partial charge >= 0.3 is 0 Å². The van der Waals surface area contributed by atoms with Gasteiger partial charge in [0.2, 0.25) is 0 Å². The minimum absolute atomic E-state index is 0.975. The molecule has 1 aliphatic rings. The minimum Gasteiger partial charge on any atom is -0.497 e. The molecular weight excluding hydrogens is 278 g/mol. The van der Waals surface area contributed by atoms with E-state index in [0.29, 0.717) is 0 Å². The average Bonchev–Trinajstić information content (AvgIpc) is 2.87. The number of hydrogen-bond acceptors (Lipinski definition) is 3. The second kappa shape index (κ2) is 6.20. The molecule has 1 aromatic heterocycles. The van der Waals surface area contributed by atoms with Gasteiger partial charge in [-0.05, 0) is 54.7 Å². The van der Waals surface area contributed by atoms with E-state index in [1.165, 1.54) is 26.4 Å². The Morgan fingerprint density at radius 3 is 2.81 bits per heavy atom. The summed E-state index contributed by atoms with van der Waals surface area (Å²) in [6.07, 6.45) is 2.27. The van der Waals surface area contributed by atoms with Crippen molar-refractivity contribution in [3.63, 3.8) is 0 Å². The largest absolute Gasteiger partial charge is 0.497 e. The highest BCUT2D eigenvalue weighted by atomic mass is 32.1. The lowest BCUT2D eigenvalue weighted by atomic mass is 9.99. The second-order valence-electron chi connectivity index (χ2n) is 5.74. The molecule has 2 nitrogen and oxygen atoms in total. The fourth-order valence-corrected chi connectivity index (χ4v) is 4.00. The van der Waals surface area contributed by atoms with E-state index in [1.807, 2.05) is 11.3 Å². The zero-order chi connectivity index (χ0) is 14.8. The minimum atomic E-state index is 0.975. The normalized spacial score (nSPS) is 15.0. The Morgan fingerprint density at radius 2 is 2.10 bits per heavy atom. The third-order valence-corrected chi connectivity index (χ3v) is 5.56. The monoisotopic (exact) mass is 301 g/mol. The molecule has 0 atom stereocenters. The Kier molecular flexibility index (Phi) is 4.32. The standard InChI is InChI=1S/C18H23NOS/c1-4-18-10-16(13(2)21-18)12-19-8-7-14-9-17(20-3)6-5-15(14)11-19/h5-6,9-10H,4,7-8,11-12H2,1-3H3. The fourth-order valence-electron chi connectivity index (χ4n) is 3.01. The van der Waals surface area contributed by atoms with E-state index >= 15 is 0 Å². The van der Waals surface area contributed by atoms with Gasteiger partial charge in [0.25, 0.3) is 0 Å². The molecule has 0 amide bonds. The summed E-state index contributed by atoms with van der Waals surface area (Å²) in [5.41, 5.74) is 4.40. The van der Waals surface area contributed by atoms with E-state index in [4.69, 9.17) is 4.74 Å². The lowest BCUT2D eigenvalue weighted by molar-refractivity contribution is 0.245. The first-order chi connectivity index (χ1) is 10.2. The lowest BCUT2D eigenvalue weighted by Crippen LogP contribution is -2.30. The number of nitrogens with zero attached hydrogens (tertiary/aromatic N) is 1. The highest BCUT2D eigenvalue weighted by Crippen LogP contribution is 2.27. The molecule has 0 saturated carbocycles. The molecule has 2 aromatic rings. The van der Waals surface area contributed by atoms with Gasteiger partial charge in [-0.2, -0.15) is 0 Å². The third-order valence-electron chi connectivity index (χ3n) is 4.32. The molecule has 0 aliphatic carbocycles. The number of aryl methyl sites for hydroxylation is 2. The van der Waals surface area contributed by atoms with E-state index < -0.39 is 0 Å². The molecule has 0 N–H and O–H groups in total. The summed E-state index contributed by atoms with van der Waals surface area (Å²) in [7, 11) is 1.74. The van der Waals surface area contributed by atoms with Gasteiger partial charge in [-0.25, -0.2) is 0 Å². The molecule has 0 bridgehead atoms. The topological polar surface area (TPSA) is 12.5 Å². The van der Waals surface area contributed by atoms with Crippen LogP contribution in [0.2, 0.25) is 0 Å². The molecule has 0 unspecified atom stereocenters. The fraction of sp³-hybridized carbons (Fsp3) is 0.444. The maximum absolute atomic E-state index is 5.32. The van der Waals surface area contributed by atoms with Crippen molar-refractivity contribution in [2.45, 2.75) is 39.8 Å². The van der Waals surface area contributed by atoms with Gasteiger partial charge in [-0.15, -0.1) is 11.3 Å². The van der Waals surface area contributed by atoms with E-state index in [0.717, 1.165) is 38.2 Å². The van der Waals surface area contributed by atoms with Gasteiger partial charge in [-0.1, -0.05) is 13.0 Å². The average molecular weight is 301 g/mol. The molecule has 2 heterocycles. The van der Waals surface area contributed by atoms with Crippen molar-refractivity contribution >= 4 is 11.3 Å². The van der Waals surface area contributed by atoms with Crippen LogP contribution in [0.3, 0.4) is 0 Å².